The van der Waals surface area contributed by atoms with Crippen molar-refractivity contribution >= 4 is 29.1 Å². The Hall–Kier alpha value is -1.84. The van der Waals surface area contributed by atoms with E-state index in [1.807, 2.05) is 22.9 Å². The van der Waals surface area contributed by atoms with Crippen LogP contribution < -0.4 is 0 Å². The maximum absolute atomic E-state index is 10.5. The first-order valence-electron chi connectivity index (χ1n) is 5.49. The van der Waals surface area contributed by atoms with E-state index in [1.165, 1.54) is 11.8 Å². The number of rotatable bonds is 5. The molecule has 1 N–H and O–H groups in total. The van der Waals surface area contributed by atoms with Crippen LogP contribution in [0.5, 0.6) is 0 Å². The summed E-state index contributed by atoms with van der Waals surface area (Å²) < 4.78 is 0. The molecule has 0 spiro atoms. The van der Waals surface area contributed by atoms with Gasteiger partial charge in [0.2, 0.25) is 0 Å². The van der Waals surface area contributed by atoms with E-state index in [4.69, 9.17) is 10.4 Å². The van der Waals surface area contributed by atoms with Crippen LogP contribution in [0.15, 0.2) is 34.0 Å². The molecule has 0 aliphatic carbocycles. The average molecular weight is 290 g/mol. The second kappa shape index (κ2) is 6.36. The van der Waals surface area contributed by atoms with Gasteiger partial charge in [-0.05, 0) is 23.6 Å². The molecule has 96 valence electrons. The van der Waals surface area contributed by atoms with Gasteiger partial charge >= 0.3 is 5.97 Å². The van der Waals surface area contributed by atoms with Gasteiger partial charge in [-0.2, -0.15) is 16.6 Å². The largest absolute Gasteiger partial charge is 0.481 e. The zero-order valence-electron chi connectivity index (χ0n) is 9.87. The average Bonchev–Trinajstić information content (AvgIpc) is 2.92. The molecule has 0 unspecified atom stereocenters. The van der Waals surface area contributed by atoms with Gasteiger partial charge in [0.05, 0.1) is 17.7 Å². The number of carbonyl (C=O) groups is 1. The van der Waals surface area contributed by atoms with Crippen LogP contribution in [-0.2, 0) is 4.79 Å². The molecular formula is C13H10N2O2S2. The third-order valence-electron chi connectivity index (χ3n) is 2.35. The normalized spacial score (nSPS) is 10.1. The van der Waals surface area contributed by atoms with Crippen LogP contribution in [0, 0.1) is 11.3 Å². The van der Waals surface area contributed by atoms with E-state index in [-0.39, 0.29) is 6.42 Å². The van der Waals surface area contributed by atoms with Gasteiger partial charge in [-0.3, -0.25) is 4.79 Å². The predicted molar refractivity (Wildman–Crippen MR) is 75.2 cm³/mol. The molecule has 0 saturated carbocycles. The molecule has 19 heavy (non-hydrogen) atoms. The molecule has 0 saturated heterocycles. The van der Waals surface area contributed by atoms with Gasteiger partial charge in [0, 0.05) is 16.7 Å². The Morgan fingerprint density at radius 3 is 2.95 bits per heavy atom. The van der Waals surface area contributed by atoms with E-state index < -0.39 is 5.97 Å². The summed E-state index contributed by atoms with van der Waals surface area (Å²) in [6.45, 7) is 0. The minimum absolute atomic E-state index is 0.0555. The molecule has 0 amide bonds. The van der Waals surface area contributed by atoms with E-state index in [0.717, 1.165) is 11.3 Å². The molecular weight excluding hydrogens is 280 g/mol. The van der Waals surface area contributed by atoms with Crippen molar-refractivity contribution in [3.05, 3.63) is 34.5 Å². The third kappa shape index (κ3) is 3.56. The molecule has 0 atom stereocenters. The maximum atomic E-state index is 10.5. The number of aliphatic carboxylic acids is 1. The molecule has 6 heteroatoms. The second-order valence-electron chi connectivity index (χ2n) is 3.67. The Bertz CT molecular complexity index is 618. The van der Waals surface area contributed by atoms with E-state index in [1.54, 1.807) is 17.4 Å². The minimum atomic E-state index is -0.847. The summed E-state index contributed by atoms with van der Waals surface area (Å²) in [5, 5.41) is 22.2. The fourth-order valence-electron chi connectivity index (χ4n) is 1.44. The lowest BCUT2D eigenvalue weighted by molar-refractivity contribution is -0.136. The van der Waals surface area contributed by atoms with Crippen LogP contribution in [0.1, 0.15) is 12.0 Å². The minimum Gasteiger partial charge on any atom is -0.481 e. The lowest BCUT2D eigenvalue weighted by atomic mass is 10.2. The SMILES string of the molecule is N#Cc1ccc(-c2ccsc2)nc1SCCC(=O)O. The number of pyridine rings is 1. The highest BCUT2D eigenvalue weighted by Gasteiger charge is 2.09. The van der Waals surface area contributed by atoms with Gasteiger partial charge in [0.25, 0.3) is 0 Å². The molecule has 2 aromatic heterocycles. The van der Waals surface area contributed by atoms with Crippen LogP contribution in [0.3, 0.4) is 0 Å². The standard InChI is InChI=1S/C13H10N2O2S2/c14-7-9-1-2-11(10-3-5-18-8-10)15-13(9)19-6-4-12(16)17/h1-3,5,8H,4,6H2,(H,16,17). The lowest BCUT2D eigenvalue weighted by Crippen LogP contribution is -1.97. The summed E-state index contributed by atoms with van der Waals surface area (Å²) in [5.41, 5.74) is 2.29. The number of carboxylic acid groups (broad SMARTS) is 1. The summed E-state index contributed by atoms with van der Waals surface area (Å²) in [4.78, 5) is 14.9. The van der Waals surface area contributed by atoms with E-state index in [9.17, 15) is 4.79 Å². The van der Waals surface area contributed by atoms with Crippen LogP contribution in [-0.4, -0.2) is 21.8 Å². The Balaban J connectivity index is 2.22. The van der Waals surface area contributed by atoms with Crippen molar-refractivity contribution in [2.75, 3.05) is 5.75 Å². The molecule has 2 aromatic rings. The zero-order chi connectivity index (χ0) is 13.7. The van der Waals surface area contributed by atoms with Crippen molar-refractivity contribution in [3.63, 3.8) is 0 Å². The highest BCUT2D eigenvalue weighted by atomic mass is 32.2. The van der Waals surface area contributed by atoms with Crippen LogP contribution in [0.25, 0.3) is 11.3 Å². The Morgan fingerprint density at radius 2 is 2.32 bits per heavy atom. The van der Waals surface area contributed by atoms with E-state index in [0.29, 0.717) is 16.3 Å². The summed E-state index contributed by atoms with van der Waals surface area (Å²) >= 11 is 2.88. The lowest BCUT2D eigenvalue weighted by Gasteiger charge is -2.04. The molecule has 4 nitrogen and oxygen atoms in total. The first-order valence-corrected chi connectivity index (χ1v) is 7.42. The molecule has 0 radical (unpaired) electrons. The summed E-state index contributed by atoms with van der Waals surface area (Å²) in [7, 11) is 0. The number of hydrogen-bond acceptors (Lipinski definition) is 5. The van der Waals surface area contributed by atoms with Crippen molar-refractivity contribution in [2.24, 2.45) is 0 Å². The summed E-state index contributed by atoms with van der Waals surface area (Å²) in [5.74, 6) is -0.440. The van der Waals surface area contributed by atoms with Crippen molar-refractivity contribution in [3.8, 4) is 17.3 Å². The second-order valence-corrected chi connectivity index (χ2v) is 5.53. The van der Waals surface area contributed by atoms with Gasteiger partial charge < -0.3 is 5.11 Å². The van der Waals surface area contributed by atoms with Crippen molar-refractivity contribution in [2.45, 2.75) is 11.4 Å². The van der Waals surface area contributed by atoms with E-state index in [2.05, 4.69) is 11.1 Å². The highest BCUT2D eigenvalue weighted by molar-refractivity contribution is 7.99. The fraction of sp³-hybridized carbons (Fsp3) is 0.154. The third-order valence-corrected chi connectivity index (χ3v) is 4.03. The number of aromatic nitrogens is 1. The molecule has 0 bridgehead atoms. The first-order chi connectivity index (χ1) is 9.20. The van der Waals surface area contributed by atoms with Gasteiger partial charge in [-0.1, -0.05) is 0 Å². The molecule has 0 aliphatic rings. The molecule has 2 heterocycles. The molecule has 0 aromatic carbocycles. The van der Waals surface area contributed by atoms with Crippen molar-refractivity contribution in [1.82, 2.24) is 4.98 Å². The molecule has 2 rings (SSSR count). The highest BCUT2D eigenvalue weighted by Crippen LogP contribution is 2.26. The number of hydrogen-bond donors (Lipinski definition) is 1. The molecule has 0 fully saturated rings. The van der Waals surface area contributed by atoms with Gasteiger partial charge in [0.1, 0.15) is 11.1 Å². The van der Waals surface area contributed by atoms with Crippen LogP contribution in [0.2, 0.25) is 0 Å². The number of carboxylic acids is 1. The number of thioether (sulfide) groups is 1. The van der Waals surface area contributed by atoms with Gasteiger partial charge in [-0.15, -0.1) is 11.8 Å². The Morgan fingerprint density at radius 1 is 1.47 bits per heavy atom. The quantitative estimate of drug-likeness (QED) is 0.856. The fourth-order valence-corrected chi connectivity index (χ4v) is 2.99. The number of nitriles is 1. The van der Waals surface area contributed by atoms with Crippen LogP contribution in [0.4, 0.5) is 0 Å². The van der Waals surface area contributed by atoms with E-state index >= 15 is 0 Å². The van der Waals surface area contributed by atoms with Crippen LogP contribution >= 0.6 is 23.1 Å². The Labute approximate surface area is 118 Å². The maximum Gasteiger partial charge on any atom is 0.304 e. The van der Waals surface area contributed by atoms with Gasteiger partial charge in [0.15, 0.2) is 0 Å². The summed E-state index contributed by atoms with van der Waals surface area (Å²) in [6, 6.07) is 7.57. The van der Waals surface area contributed by atoms with Crippen molar-refractivity contribution in [1.29, 1.82) is 5.26 Å². The van der Waals surface area contributed by atoms with Gasteiger partial charge in [-0.25, -0.2) is 4.98 Å². The zero-order valence-corrected chi connectivity index (χ0v) is 11.5. The number of nitrogens with zero attached hydrogens (tertiary/aromatic N) is 2. The predicted octanol–water partition coefficient (Wildman–Crippen LogP) is 3.25. The smallest absolute Gasteiger partial charge is 0.304 e. The number of thiophene rings is 1. The summed E-state index contributed by atoms with van der Waals surface area (Å²) in [6.07, 6.45) is 0.0555. The Kier molecular flexibility index (Phi) is 4.55. The first kappa shape index (κ1) is 13.6. The van der Waals surface area contributed by atoms with Crippen molar-refractivity contribution < 1.29 is 9.90 Å². The molecule has 0 aliphatic heterocycles. The topological polar surface area (TPSA) is 74.0 Å². The monoisotopic (exact) mass is 290 g/mol.